The van der Waals surface area contributed by atoms with Gasteiger partial charge in [-0.3, -0.25) is 0 Å². The number of aliphatic hydroxyl groups excluding tert-OH is 2. The monoisotopic (exact) mass is 332 g/mol. The number of ether oxygens (including phenoxy) is 1. The number of hydrogen-bond acceptors (Lipinski definition) is 9. The Morgan fingerprint density at radius 2 is 1.38 bits per heavy atom. The van der Waals surface area contributed by atoms with Gasteiger partial charge in [0.05, 0.1) is 19.2 Å². The molecule has 0 aliphatic heterocycles. The quantitative estimate of drug-likeness (QED) is 0.389. The van der Waals surface area contributed by atoms with Gasteiger partial charge in [0, 0.05) is 24.8 Å². The minimum Gasteiger partial charge on any atom is -0.550 e. The van der Waals surface area contributed by atoms with Crippen LogP contribution in [0.4, 0.5) is 0 Å². The first-order valence-corrected chi connectivity index (χ1v) is 4.77. The van der Waals surface area contributed by atoms with Crippen LogP contribution >= 0.6 is 0 Å². The van der Waals surface area contributed by atoms with E-state index in [0.717, 1.165) is 0 Å². The van der Waals surface area contributed by atoms with E-state index in [1.54, 1.807) is 0 Å². The molecule has 0 spiro atoms. The fraction of sp³-hybridized carbons (Fsp3) is 0.667. The Hall–Kier alpha value is 1.29. The summed E-state index contributed by atoms with van der Waals surface area (Å²) in [5.74, 6) is -5.85. The number of carbonyl (C=O) groups is 3. The molecule has 0 saturated carbocycles. The van der Waals surface area contributed by atoms with Crippen LogP contribution in [0.15, 0.2) is 0 Å². The van der Waals surface area contributed by atoms with Crippen LogP contribution in [0.5, 0.6) is 0 Å². The summed E-state index contributed by atoms with van der Waals surface area (Å²) in [6, 6.07) is 0. The van der Waals surface area contributed by atoms with E-state index < -0.39 is 55.7 Å². The van der Waals surface area contributed by atoms with Crippen molar-refractivity contribution in [2.45, 2.75) is 24.5 Å². The average Bonchev–Trinajstić information content (AvgIpc) is 2.23. The van der Waals surface area contributed by atoms with E-state index in [1.807, 2.05) is 0 Å². The number of aliphatic hydroxyl groups is 2. The Morgan fingerprint density at radius 3 is 1.62 bits per heavy atom. The molecule has 0 heterocycles. The van der Waals surface area contributed by atoms with Crippen LogP contribution in [0, 0.1) is 0 Å². The van der Waals surface area contributed by atoms with Crippen molar-refractivity contribution >= 4 is 17.9 Å². The Bertz CT molecular complexity index is 320. The van der Waals surface area contributed by atoms with Gasteiger partial charge in [0.15, 0.2) is 0 Å². The zero-order chi connectivity index (χ0) is 14.3. The summed E-state index contributed by atoms with van der Waals surface area (Å²) >= 11 is 0. The molecule has 0 fully saturated rings. The molecule has 1 unspecified atom stereocenters. The van der Waals surface area contributed by atoms with E-state index in [0.29, 0.717) is 0 Å². The van der Waals surface area contributed by atoms with Gasteiger partial charge in [-0.1, -0.05) is 0 Å². The predicted molar refractivity (Wildman–Crippen MR) is 46.0 cm³/mol. The van der Waals surface area contributed by atoms with Crippen molar-refractivity contribution in [2.24, 2.45) is 0 Å². The molecule has 0 radical (unpaired) electrons. The maximum absolute atomic E-state index is 10.8. The van der Waals surface area contributed by atoms with Gasteiger partial charge in [-0.25, -0.2) is 0 Å². The summed E-state index contributed by atoms with van der Waals surface area (Å²) in [7, 11) is 0. The maximum Gasteiger partial charge on any atom is 1.00 e. The summed E-state index contributed by atoms with van der Waals surface area (Å²) in [5.41, 5.74) is -2.71. The molecule has 21 heavy (non-hydrogen) atoms. The third-order valence-electron chi connectivity index (χ3n) is 1.99. The first kappa shape index (κ1) is 30.2. The second-order valence-corrected chi connectivity index (χ2v) is 3.53. The van der Waals surface area contributed by atoms with Gasteiger partial charge in [0.2, 0.25) is 0 Å². The molecule has 12 heteroatoms. The van der Waals surface area contributed by atoms with E-state index >= 15 is 0 Å². The van der Waals surface area contributed by atoms with Crippen LogP contribution in [0.25, 0.3) is 0 Å². The van der Waals surface area contributed by atoms with Crippen molar-refractivity contribution in [3.8, 4) is 0 Å². The maximum atomic E-state index is 10.8. The van der Waals surface area contributed by atoms with Crippen LogP contribution in [0.3, 0.4) is 0 Å². The van der Waals surface area contributed by atoms with E-state index in [4.69, 9.17) is 10.2 Å². The predicted octanol–water partition coefficient (Wildman–Crippen LogP) is -14.9. The third kappa shape index (κ3) is 12.4. The zero-order valence-corrected chi connectivity index (χ0v) is 18.2. The minimum atomic E-state index is -2.71. The summed E-state index contributed by atoms with van der Waals surface area (Å²) in [4.78, 5) is 31.6. The van der Waals surface area contributed by atoms with Gasteiger partial charge in [-0.05, 0) is 0 Å². The number of carbonyl (C=O) groups excluding carboxylic acids is 3. The Balaban J connectivity index is -0.000000482. The Morgan fingerprint density at radius 1 is 1.00 bits per heavy atom. The van der Waals surface area contributed by atoms with Crippen molar-refractivity contribution < 1.29 is 133 Å². The number of aliphatic carboxylic acids is 3. The first-order chi connectivity index (χ1) is 8.23. The molecule has 0 aromatic heterocycles. The molecule has 0 amide bonds. The van der Waals surface area contributed by atoms with Crippen LogP contribution in [-0.4, -0.2) is 53.0 Å². The second-order valence-electron chi connectivity index (χ2n) is 3.53. The van der Waals surface area contributed by atoms with Crippen LogP contribution in [0.2, 0.25) is 0 Å². The molecule has 0 saturated heterocycles. The number of rotatable bonds is 9. The van der Waals surface area contributed by atoms with Crippen molar-refractivity contribution in [1.82, 2.24) is 0 Å². The molecule has 0 bridgehead atoms. The summed E-state index contributed by atoms with van der Waals surface area (Å²) in [6.45, 7) is -1.56. The van der Waals surface area contributed by atoms with Gasteiger partial charge >= 0.3 is 88.7 Å². The summed E-state index contributed by atoms with van der Waals surface area (Å²) in [5, 5.41) is 49.1. The van der Waals surface area contributed by atoms with Gasteiger partial charge in [-0.15, -0.1) is 0 Å². The van der Waals surface area contributed by atoms with Crippen molar-refractivity contribution in [3.05, 3.63) is 0 Å². The fourth-order valence-corrected chi connectivity index (χ4v) is 1.14. The average molecular weight is 332 g/mol. The van der Waals surface area contributed by atoms with Crippen molar-refractivity contribution in [1.29, 1.82) is 0 Å². The van der Waals surface area contributed by atoms with E-state index in [2.05, 4.69) is 4.74 Å². The molecule has 0 aliphatic carbocycles. The van der Waals surface area contributed by atoms with Gasteiger partial charge in [0.1, 0.15) is 11.7 Å². The number of carboxylic acids is 3. The van der Waals surface area contributed by atoms with Gasteiger partial charge in [0.25, 0.3) is 0 Å². The Labute approximate surface area is 186 Å². The van der Waals surface area contributed by atoms with Crippen LogP contribution in [0.1, 0.15) is 12.8 Å². The van der Waals surface area contributed by atoms with E-state index in [1.165, 1.54) is 0 Å². The van der Waals surface area contributed by atoms with Gasteiger partial charge in [-0.2, -0.15) is 0 Å². The standard InChI is InChI=1S/C9H14O9.3Na/c10-3-5(11)4-18-9(8(16)17,1-6(12)13)2-7(14)15;;;/h5,10-11H,1-4H2,(H,12,13)(H,14,15)(H,16,17);;;/q;3*+1/p-3. The van der Waals surface area contributed by atoms with Crippen LogP contribution in [-0.2, 0) is 19.1 Å². The molecule has 0 aromatic carbocycles. The molecule has 0 aliphatic rings. The largest absolute Gasteiger partial charge is 1.00 e. The number of hydrogen-bond donors (Lipinski definition) is 2. The van der Waals surface area contributed by atoms with Gasteiger partial charge < -0.3 is 44.7 Å². The molecular formula is C9H11Na3O9. The molecule has 2 N–H and O–H groups in total. The minimum absolute atomic E-state index is 0. The normalized spacial score (nSPS) is 11.1. The molecule has 0 rings (SSSR count). The van der Waals surface area contributed by atoms with Crippen LogP contribution < -0.4 is 104 Å². The zero-order valence-electron chi connectivity index (χ0n) is 12.2. The third-order valence-corrected chi connectivity index (χ3v) is 1.99. The molecular weight excluding hydrogens is 321 g/mol. The van der Waals surface area contributed by atoms with Crippen molar-refractivity contribution in [2.75, 3.05) is 13.2 Å². The first-order valence-electron chi connectivity index (χ1n) is 4.77. The van der Waals surface area contributed by atoms with E-state index in [-0.39, 0.29) is 88.7 Å². The molecule has 9 nitrogen and oxygen atoms in total. The fourth-order valence-electron chi connectivity index (χ4n) is 1.14. The Kier molecular flexibility index (Phi) is 21.4. The second kappa shape index (κ2) is 14.9. The van der Waals surface area contributed by atoms with Crippen molar-refractivity contribution in [3.63, 3.8) is 0 Å². The SMILES string of the molecule is O=C([O-])CC(CC(=O)[O-])(OCC(O)CO)C(=O)[O-].[Na+].[Na+].[Na+]. The smallest absolute Gasteiger partial charge is 0.550 e. The summed E-state index contributed by atoms with van der Waals surface area (Å²) in [6.07, 6.45) is -4.07. The topological polar surface area (TPSA) is 170 Å². The van der Waals surface area contributed by atoms with E-state index in [9.17, 15) is 29.7 Å². The molecule has 0 aromatic rings. The molecule has 1 atom stereocenters. The summed E-state index contributed by atoms with van der Waals surface area (Å²) < 4.78 is 4.55. The molecule has 104 valence electrons. The number of carboxylic acid groups (broad SMARTS) is 3.